The van der Waals surface area contributed by atoms with E-state index in [9.17, 15) is 39.0 Å². The number of nitrogens with zero attached hydrogens (tertiary/aromatic N) is 8. The number of hydrogen-bond donors (Lipinski definition) is 9. The normalized spacial score (nSPS) is 21.6. The predicted octanol–water partition coefficient (Wildman–Crippen LogP) is 4.95. The first-order valence-electron chi connectivity index (χ1n) is 36.6. The number of carboxylic acid groups (broad SMARTS) is 2. The third-order valence-electron chi connectivity index (χ3n) is 20.6. The summed E-state index contributed by atoms with van der Waals surface area (Å²) in [5.74, 6) is -8.60. The summed E-state index contributed by atoms with van der Waals surface area (Å²) >= 11 is 0. The van der Waals surface area contributed by atoms with Crippen LogP contribution in [0.1, 0.15) is 113 Å². The van der Waals surface area contributed by atoms with E-state index in [0.717, 1.165) is 21.5 Å². The molecule has 0 spiro atoms. The van der Waals surface area contributed by atoms with Gasteiger partial charge in [-0.3, -0.25) is 38.4 Å². The highest BCUT2D eigenvalue weighted by molar-refractivity contribution is 5.99. The molecule has 29 nitrogen and oxygen atoms in total. The Labute approximate surface area is 624 Å². The van der Waals surface area contributed by atoms with Gasteiger partial charge in [-0.05, 0) is 93.7 Å². The Morgan fingerprint density at radius 3 is 1.46 bits per heavy atom. The minimum Gasteiger partial charge on any atom is -0.487 e. The van der Waals surface area contributed by atoms with Crippen LogP contribution in [0.15, 0.2) is 146 Å². The van der Waals surface area contributed by atoms with Crippen molar-refractivity contribution in [1.29, 1.82) is 0 Å². The predicted molar refractivity (Wildman–Crippen MR) is 397 cm³/mol. The highest BCUT2D eigenvalue weighted by atomic mass is 16.5. The van der Waals surface area contributed by atoms with E-state index in [4.69, 9.17) is 9.47 Å². The lowest BCUT2D eigenvalue weighted by molar-refractivity contribution is -0.144. The van der Waals surface area contributed by atoms with Gasteiger partial charge in [0.1, 0.15) is 73.0 Å². The van der Waals surface area contributed by atoms with E-state index in [0.29, 0.717) is 45.7 Å². The second-order valence-corrected chi connectivity index (χ2v) is 28.9. The maximum atomic E-state index is 15.3. The Morgan fingerprint density at radius 2 is 0.981 bits per heavy atom. The molecule has 0 unspecified atom stereocenters. The van der Waals surface area contributed by atoms with Gasteiger partial charge in [-0.1, -0.05) is 178 Å². The molecule has 6 aliphatic rings. The smallest absolute Gasteiger partial charge is 0.326 e. The van der Waals surface area contributed by atoms with Crippen LogP contribution in [0, 0.1) is 17.8 Å². The van der Waals surface area contributed by atoms with E-state index in [-0.39, 0.29) is 76.6 Å². The summed E-state index contributed by atoms with van der Waals surface area (Å²) in [6, 6.07) is 26.9. The van der Waals surface area contributed by atoms with E-state index >= 15 is 19.2 Å². The Kier molecular flexibility index (Phi) is 24.9. The highest BCUT2D eigenvalue weighted by Crippen LogP contribution is 2.33. The van der Waals surface area contributed by atoms with Crippen LogP contribution in [0.5, 0.6) is 11.6 Å². The molecule has 8 amide bonds. The van der Waals surface area contributed by atoms with Crippen LogP contribution in [-0.2, 0) is 86.8 Å². The molecule has 2 saturated heterocycles. The largest absolute Gasteiger partial charge is 0.487 e. The summed E-state index contributed by atoms with van der Waals surface area (Å²) in [4.78, 5) is 147. The minimum absolute atomic E-state index is 0.0320. The molecule has 6 aromatic carbocycles. The molecule has 568 valence electrons. The van der Waals surface area contributed by atoms with Crippen LogP contribution in [-0.4, -0.2) is 184 Å². The molecule has 2 aromatic heterocycles. The van der Waals surface area contributed by atoms with E-state index in [1.54, 1.807) is 103 Å². The van der Waals surface area contributed by atoms with Crippen molar-refractivity contribution in [2.24, 2.45) is 17.8 Å². The number of nitrogens with one attached hydrogen (secondary N) is 7. The number of hydrogen-bond acceptors (Lipinski definition) is 17. The third-order valence-corrected chi connectivity index (χ3v) is 20.6. The third kappa shape index (κ3) is 18.6. The van der Waals surface area contributed by atoms with Crippen LogP contribution < -0.4 is 46.7 Å². The Hall–Kier alpha value is -11.6. The van der Waals surface area contributed by atoms with E-state index < -0.39 is 138 Å². The van der Waals surface area contributed by atoms with Gasteiger partial charge in [0.2, 0.25) is 47.3 Å². The van der Waals surface area contributed by atoms with E-state index in [1.807, 2.05) is 91.9 Å². The highest BCUT2D eigenvalue weighted by Gasteiger charge is 2.47. The molecular weight excluding hydrogens is 1380 g/mol. The lowest BCUT2D eigenvalue weighted by atomic mass is 9.97. The average molecular weight is 1480 g/mol. The summed E-state index contributed by atoms with van der Waals surface area (Å²) in [5, 5.41) is 62.2. The molecule has 6 aliphatic heterocycles. The van der Waals surface area contributed by atoms with Crippen LogP contribution in [0.4, 0.5) is 0 Å². The lowest BCUT2D eigenvalue weighted by Crippen LogP contribution is -2.59. The first-order valence-corrected chi connectivity index (χ1v) is 36.6. The standard InChI is InChI=1S/C79H93N15O14/c1-9-46(6)70(95)85-68(44(2)3)76(101)92-40-57-37-66(92)75(100)82-62(35-54-21-15-19-52-17-11-13-23-60(52)54)73(98)84-64(79(105)106)33-49-28-30-58(31-29-49)107-43-55-38-93(89-87-55)56-36-65(91(39-56)77(102)69(45(4)5)86-71(96)47(7)80-8)74(99)81-61(34-53-20-14-18-51-16-10-12-22-59(51)53)72(97)83-63(78(103)104)32-48-24-26-50(27-25-48)42-108-67-41-94(57)90-88-67/h10-31,38,41,44-47,56-57,61-66,68-69,80H,9,32-37,39-40,42-43H2,1-8H3,(H,81,99)(H,82,100)(H,83,97)(H,84,98)(H,85,95)(H,86,96)(H,103,104)(H,105,106)/t46-,47+,56+,57+,61+,62+,63+,64+,65+,66+,68+,69+/m1/s1. The number of aliphatic carboxylic acids is 2. The zero-order chi connectivity index (χ0) is 77.0. The van der Waals surface area contributed by atoms with Gasteiger partial charge in [-0.15, -0.1) is 5.10 Å². The van der Waals surface area contributed by atoms with Crippen molar-refractivity contribution < 1.29 is 67.6 Å². The summed E-state index contributed by atoms with van der Waals surface area (Å²) in [7, 11) is 1.61. The molecule has 0 saturated carbocycles. The Bertz CT molecular complexity index is 4300. The number of aromatic nitrogens is 6. The summed E-state index contributed by atoms with van der Waals surface area (Å²) in [6.07, 6.45) is 2.99. The zero-order valence-corrected chi connectivity index (χ0v) is 61.6. The monoisotopic (exact) mass is 1480 g/mol. The van der Waals surface area contributed by atoms with Gasteiger partial charge < -0.3 is 66.7 Å². The van der Waals surface area contributed by atoms with Gasteiger partial charge in [0.25, 0.3) is 5.88 Å². The topological polar surface area (TPSA) is 382 Å². The number of benzene rings is 6. The second-order valence-electron chi connectivity index (χ2n) is 28.9. The molecular formula is C79H93N15O14. The molecule has 12 atom stereocenters. The van der Waals surface area contributed by atoms with Crippen molar-refractivity contribution in [3.05, 3.63) is 179 Å². The van der Waals surface area contributed by atoms with Gasteiger partial charge in [-0.25, -0.2) is 19.0 Å². The summed E-state index contributed by atoms with van der Waals surface area (Å²) in [6.45, 7) is 12.0. The molecule has 9 N–H and O–H groups in total. The van der Waals surface area contributed by atoms with Gasteiger partial charge in [-0.2, -0.15) is 0 Å². The fourth-order valence-corrected chi connectivity index (χ4v) is 13.9. The maximum Gasteiger partial charge on any atom is 0.326 e. The van der Waals surface area contributed by atoms with Gasteiger partial charge in [0, 0.05) is 57.5 Å². The lowest BCUT2D eigenvalue weighted by Gasteiger charge is -2.32. The number of carbonyl (C=O) groups is 10. The van der Waals surface area contributed by atoms with Crippen molar-refractivity contribution in [1.82, 2.24) is 77.0 Å². The van der Waals surface area contributed by atoms with Crippen LogP contribution in [0.3, 0.4) is 0 Å². The second kappa shape index (κ2) is 34.7. The van der Waals surface area contributed by atoms with Crippen molar-refractivity contribution in [2.75, 3.05) is 20.1 Å². The molecule has 12 bridgehead atoms. The fraction of sp³-hybridized carbons (Fsp3) is 0.418. The molecule has 8 heterocycles. The van der Waals surface area contributed by atoms with Crippen LogP contribution in [0.2, 0.25) is 0 Å². The molecule has 14 rings (SSSR count). The maximum absolute atomic E-state index is 15.3. The van der Waals surface area contributed by atoms with Crippen molar-refractivity contribution in [2.45, 2.75) is 173 Å². The molecule has 2 fully saturated rings. The summed E-state index contributed by atoms with van der Waals surface area (Å²) in [5.41, 5.74) is 3.34. The average Bonchev–Trinajstić information content (AvgIpc) is 1.59. The molecule has 8 aromatic rings. The first kappa shape index (κ1) is 77.5. The number of likely N-dealkylation sites (tertiary alicyclic amines) is 2. The van der Waals surface area contributed by atoms with Gasteiger partial charge in [0.15, 0.2) is 0 Å². The first-order chi connectivity index (χ1) is 51.8. The SMILES string of the molecule is CC[C@@H](C)C(=O)N[C@H](C(=O)N1C[C@@H]2C[C@H]1C(=O)N[C@@H](Cc1cccc3ccccc13)C(=O)N[C@H](C(=O)O)Cc1ccc(cc1)OCc1cn(nn1)[C@H]1C[C@@H](C(=O)N[C@@H](Cc3cccc4ccccc34)C(=O)N[C@H](C(=O)O)Cc3ccc(cc3)COc3cn2nn3)N(C(=O)[C@@H](NC(=O)[C@H](C)NC)C(C)C)C1)C(C)C. The van der Waals surface area contributed by atoms with Crippen molar-refractivity contribution >= 4 is 80.7 Å². The number of likely N-dealkylation sites (N-methyl/N-ethyl adjacent to an activating group) is 1. The Morgan fingerprint density at radius 1 is 0.528 bits per heavy atom. The number of fused-ring (bicyclic) bond motifs is 2. The number of amides is 8. The number of rotatable bonds is 16. The molecule has 0 radical (unpaired) electrons. The number of carbonyl (C=O) groups excluding carboxylic acids is 8. The summed E-state index contributed by atoms with van der Waals surface area (Å²) < 4.78 is 15.3. The fourth-order valence-electron chi connectivity index (χ4n) is 13.9. The molecule has 29 heteroatoms. The molecule has 0 aliphatic carbocycles. The van der Waals surface area contributed by atoms with Crippen molar-refractivity contribution in [3.63, 3.8) is 0 Å². The van der Waals surface area contributed by atoms with Crippen molar-refractivity contribution in [3.8, 4) is 11.6 Å². The van der Waals surface area contributed by atoms with Crippen LogP contribution in [0.25, 0.3) is 21.5 Å². The van der Waals surface area contributed by atoms with Gasteiger partial charge in [0.05, 0.1) is 30.5 Å². The minimum atomic E-state index is -1.51. The zero-order valence-electron chi connectivity index (χ0n) is 61.6. The Balaban J connectivity index is 0.920. The number of ether oxygens (including phenoxy) is 2. The van der Waals surface area contributed by atoms with E-state index in [2.05, 4.69) is 57.8 Å². The number of carboxylic acids is 2. The van der Waals surface area contributed by atoms with Gasteiger partial charge >= 0.3 is 11.9 Å². The quantitative estimate of drug-likeness (QED) is 0.0618. The van der Waals surface area contributed by atoms with E-state index in [1.165, 1.54) is 25.4 Å². The van der Waals surface area contributed by atoms with Crippen LogP contribution >= 0.6 is 0 Å². The molecule has 108 heavy (non-hydrogen) atoms.